The number of carbonyl (C=O) groups excluding carboxylic acids is 1. The molecule has 4 rings (SSSR count). The number of hydrogen-bond acceptors (Lipinski definition) is 7. The van der Waals surface area contributed by atoms with Gasteiger partial charge in [0.2, 0.25) is 5.91 Å². The standard InChI is InChI=1S/C18H21N7O2/c19-15(26)5-6-20-13-3-1-12(2-4-13)16-22-17-14(11-21-24-17)18(23-16)25-7-9-27-10-8-25/h1-4,11,20H,5-10H2,(H2,19,26)(H,21,22,23,24). The van der Waals surface area contributed by atoms with Crippen LogP contribution >= 0.6 is 0 Å². The molecule has 0 saturated carbocycles. The van der Waals surface area contributed by atoms with Crippen molar-refractivity contribution in [3.63, 3.8) is 0 Å². The van der Waals surface area contributed by atoms with Crippen molar-refractivity contribution in [2.24, 2.45) is 5.73 Å². The molecule has 140 valence electrons. The summed E-state index contributed by atoms with van der Waals surface area (Å²) in [5.41, 5.74) is 7.68. The second-order valence-electron chi connectivity index (χ2n) is 6.32. The molecule has 3 heterocycles. The number of amides is 1. The van der Waals surface area contributed by atoms with Gasteiger partial charge in [-0.2, -0.15) is 5.10 Å². The average Bonchev–Trinajstić information content (AvgIpc) is 3.17. The molecule has 1 aliphatic heterocycles. The van der Waals surface area contributed by atoms with Gasteiger partial charge < -0.3 is 20.7 Å². The zero-order valence-electron chi connectivity index (χ0n) is 14.8. The molecule has 0 atom stereocenters. The molecule has 9 heteroatoms. The highest BCUT2D eigenvalue weighted by Crippen LogP contribution is 2.27. The number of ether oxygens (including phenoxy) is 1. The van der Waals surface area contributed by atoms with E-state index < -0.39 is 0 Å². The maximum atomic E-state index is 10.8. The van der Waals surface area contributed by atoms with E-state index in [1.54, 1.807) is 6.20 Å². The summed E-state index contributed by atoms with van der Waals surface area (Å²) >= 11 is 0. The number of rotatable bonds is 6. The Bertz CT molecular complexity index is 933. The number of benzene rings is 1. The van der Waals surface area contributed by atoms with Crippen LogP contribution in [0, 0.1) is 0 Å². The van der Waals surface area contributed by atoms with Gasteiger partial charge in [0.25, 0.3) is 0 Å². The van der Waals surface area contributed by atoms with E-state index in [9.17, 15) is 4.79 Å². The van der Waals surface area contributed by atoms with E-state index in [2.05, 4.69) is 25.4 Å². The molecule has 2 aromatic heterocycles. The molecule has 3 aromatic rings. The summed E-state index contributed by atoms with van der Waals surface area (Å²) in [7, 11) is 0. The number of morpholine rings is 1. The molecule has 1 aromatic carbocycles. The minimum Gasteiger partial charge on any atom is -0.385 e. The number of fused-ring (bicyclic) bond motifs is 1. The van der Waals surface area contributed by atoms with Crippen LogP contribution in [0.2, 0.25) is 0 Å². The first-order chi connectivity index (χ1) is 13.2. The number of aromatic nitrogens is 4. The van der Waals surface area contributed by atoms with Gasteiger partial charge in [-0.15, -0.1) is 0 Å². The molecule has 1 amide bonds. The van der Waals surface area contributed by atoms with Crippen molar-refractivity contribution in [1.29, 1.82) is 0 Å². The highest BCUT2D eigenvalue weighted by molar-refractivity contribution is 5.88. The van der Waals surface area contributed by atoms with E-state index in [0.717, 1.165) is 35.5 Å². The van der Waals surface area contributed by atoms with Crippen molar-refractivity contribution in [2.45, 2.75) is 6.42 Å². The zero-order valence-corrected chi connectivity index (χ0v) is 14.8. The second kappa shape index (κ2) is 7.58. The molecule has 1 saturated heterocycles. The lowest BCUT2D eigenvalue weighted by atomic mass is 10.2. The normalized spacial score (nSPS) is 14.4. The second-order valence-corrected chi connectivity index (χ2v) is 6.32. The van der Waals surface area contributed by atoms with Crippen molar-refractivity contribution in [3.8, 4) is 11.4 Å². The summed E-state index contributed by atoms with van der Waals surface area (Å²) in [6, 6.07) is 7.77. The van der Waals surface area contributed by atoms with Crippen molar-refractivity contribution in [2.75, 3.05) is 43.1 Å². The Morgan fingerprint density at radius 3 is 2.74 bits per heavy atom. The molecule has 1 fully saturated rings. The van der Waals surface area contributed by atoms with Crippen LogP contribution in [0.4, 0.5) is 11.5 Å². The number of nitrogens with one attached hydrogen (secondary N) is 2. The van der Waals surface area contributed by atoms with Gasteiger partial charge in [0, 0.05) is 37.3 Å². The fraction of sp³-hybridized carbons (Fsp3) is 0.333. The number of primary amides is 1. The monoisotopic (exact) mass is 367 g/mol. The number of nitrogens with two attached hydrogens (primary N) is 1. The lowest BCUT2D eigenvalue weighted by Gasteiger charge is -2.28. The molecule has 0 radical (unpaired) electrons. The quantitative estimate of drug-likeness (QED) is 0.597. The van der Waals surface area contributed by atoms with E-state index in [4.69, 9.17) is 15.5 Å². The zero-order chi connectivity index (χ0) is 18.6. The summed E-state index contributed by atoms with van der Waals surface area (Å²) in [6.45, 7) is 3.46. The van der Waals surface area contributed by atoms with Gasteiger partial charge in [0.1, 0.15) is 5.82 Å². The Labute approximate surface area is 155 Å². The summed E-state index contributed by atoms with van der Waals surface area (Å²) in [5, 5.41) is 11.1. The van der Waals surface area contributed by atoms with Crippen molar-refractivity contribution in [3.05, 3.63) is 30.5 Å². The van der Waals surface area contributed by atoms with Crippen LogP contribution in [-0.2, 0) is 9.53 Å². The van der Waals surface area contributed by atoms with Crippen molar-refractivity contribution in [1.82, 2.24) is 20.2 Å². The molecular formula is C18H21N7O2. The van der Waals surface area contributed by atoms with Crippen LogP contribution in [0.25, 0.3) is 22.4 Å². The molecule has 0 spiro atoms. The van der Waals surface area contributed by atoms with Gasteiger partial charge in [0.15, 0.2) is 11.5 Å². The van der Waals surface area contributed by atoms with E-state index in [-0.39, 0.29) is 5.91 Å². The number of anilines is 2. The van der Waals surface area contributed by atoms with Crippen molar-refractivity contribution >= 4 is 28.4 Å². The van der Waals surface area contributed by atoms with E-state index in [1.165, 1.54) is 0 Å². The van der Waals surface area contributed by atoms with Crippen LogP contribution in [0.5, 0.6) is 0 Å². The molecule has 0 bridgehead atoms. The van der Waals surface area contributed by atoms with Gasteiger partial charge in [0.05, 0.1) is 24.8 Å². The third-order valence-electron chi connectivity index (χ3n) is 4.44. The van der Waals surface area contributed by atoms with Gasteiger partial charge >= 0.3 is 0 Å². The first kappa shape index (κ1) is 17.2. The van der Waals surface area contributed by atoms with E-state index >= 15 is 0 Å². The smallest absolute Gasteiger partial charge is 0.219 e. The fourth-order valence-electron chi connectivity index (χ4n) is 3.03. The van der Waals surface area contributed by atoms with Crippen LogP contribution in [0.15, 0.2) is 30.5 Å². The molecule has 0 aliphatic carbocycles. The number of nitrogens with zero attached hydrogens (tertiary/aromatic N) is 4. The largest absolute Gasteiger partial charge is 0.385 e. The van der Waals surface area contributed by atoms with Gasteiger partial charge in [-0.3, -0.25) is 9.89 Å². The van der Waals surface area contributed by atoms with Crippen molar-refractivity contribution < 1.29 is 9.53 Å². The van der Waals surface area contributed by atoms with Gasteiger partial charge in [-0.1, -0.05) is 0 Å². The minimum atomic E-state index is -0.323. The van der Waals surface area contributed by atoms with Gasteiger partial charge in [-0.25, -0.2) is 9.97 Å². The van der Waals surface area contributed by atoms with Crippen LogP contribution < -0.4 is 16.0 Å². The Kier molecular flexibility index (Phi) is 4.84. The van der Waals surface area contributed by atoms with Crippen LogP contribution in [0.3, 0.4) is 0 Å². The summed E-state index contributed by atoms with van der Waals surface area (Å²) < 4.78 is 5.45. The molecule has 1 aliphatic rings. The Morgan fingerprint density at radius 1 is 1.22 bits per heavy atom. The number of aromatic amines is 1. The first-order valence-corrected chi connectivity index (χ1v) is 8.87. The fourth-order valence-corrected chi connectivity index (χ4v) is 3.03. The summed E-state index contributed by atoms with van der Waals surface area (Å²) in [5.74, 6) is 1.18. The number of carbonyl (C=O) groups is 1. The highest BCUT2D eigenvalue weighted by Gasteiger charge is 2.19. The average molecular weight is 367 g/mol. The maximum Gasteiger partial charge on any atom is 0.219 e. The topological polar surface area (TPSA) is 122 Å². The summed E-state index contributed by atoms with van der Waals surface area (Å²) in [6.07, 6.45) is 2.06. The number of H-pyrrole nitrogens is 1. The Morgan fingerprint density at radius 2 is 2.00 bits per heavy atom. The minimum absolute atomic E-state index is 0.296. The molecular weight excluding hydrogens is 346 g/mol. The Hall–Kier alpha value is -3.20. The number of hydrogen-bond donors (Lipinski definition) is 3. The third-order valence-corrected chi connectivity index (χ3v) is 4.44. The van der Waals surface area contributed by atoms with E-state index in [1.807, 2.05) is 24.3 Å². The SMILES string of the molecule is NC(=O)CCNc1ccc(-c2nc(N3CCOCC3)c3cn[nH]c3n2)cc1. The molecule has 9 nitrogen and oxygen atoms in total. The molecule has 4 N–H and O–H groups in total. The summed E-state index contributed by atoms with van der Waals surface area (Å²) in [4.78, 5) is 22.4. The van der Waals surface area contributed by atoms with Crippen LogP contribution in [-0.4, -0.2) is 58.9 Å². The highest BCUT2D eigenvalue weighted by atomic mass is 16.5. The lowest BCUT2D eigenvalue weighted by molar-refractivity contribution is -0.117. The maximum absolute atomic E-state index is 10.8. The Balaban J connectivity index is 1.60. The molecule has 27 heavy (non-hydrogen) atoms. The van der Waals surface area contributed by atoms with Gasteiger partial charge in [-0.05, 0) is 24.3 Å². The van der Waals surface area contributed by atoms with Crippen LogP contribution in [0.1, 0.15) is 6.42 Å². The predicted octanol–water partition coefficient (Wildman–Crippen LogP) is 1.14. The predicted molar refractivity (Wildman–Crippen MR) is 102 cm³/mol. The lowest BCUT2D eigenvalue weighted by Crippen LogP contribution is -2.37. The third kappa shape index (κ3) is 3.82. The molecule has 0 unspecified atom stereocenters. The first-order valence-electron chi connectivity index (χ1n) is 8.87. The van der Waals surface area contributed by atoms with E-state index in [0.29, 0.717) is 37.7 Å².